The van der Waals surface area contributed by atoms with Crippen LogP contribution in [0.25, 0.3) is 22.6 Å². The molecule has 0 atom stereocenters. The van der Waals surface area contributed by atoms with Crippen LogP contribution in [0.3, 0.4) is 0 Å². The van der Waals surface area contributed by atoms with Gasteiger partial charge in [-0.1, -0.05) is 30.3 Å². The minimum Gasteiger partial charge on any atom is -0.508 e. The summed E-state index contributed by atoms with van der Waals surface area (Å²) in [4.78, 5) is 30.2. The number of aromatic hydroxyl groups is 1. The number of benzene rings is 2. The number of para-hydroxylation sites is 1. The molecule has 33 heavy (non-hydrogen) atoms. The maximum atomic E-state index is 13.3. The van der Waals surface area contributed by atoms with Gasteiger partial charge in [0.15, 0.2) is 0 Å². The van der Waals surface area contributed by atoms with Crippen LogP contribution < -0.4 is 10.6 Å². The van der Waals surface area contributed by atoms with Gasteiger partial charge in [-0.25, -0.2) is 4.98 Å². The Morgan fingerprint density at radius 2 is 1.88 bits per heavy atom. The second-order valence-electron chi connectivity index (χ2n) is 7.97. The molecule has 1 heterocycles. The van der Waals surface area contributed by atoms with Crippen molar-refractivity contribution in [2.45, 2.75) is 19.3 Å². The van der Waals surface area contributed by atoms with Crippen molar-refractivity contribution in [3.63, 3.8) is 0 Å². The highest BCUT2D eigenvalue weighted by atomic mass is 16.5. The summed E-state index contributed by atoms with van der Waals surface area (Å²) >= 11 is 0. The molecule has 1 aliphatic carbocycles. The third-order valence-electron chi connectivity index (χ3n) is 5.67. The van der Waals surface area contributed by atoms with Crippen LogP contribution >= 0.6 is 0 Å². The van der Waals surface area contributed by atoms with E-state index in [9.17, 15) is 14.7 Å². The van der Waals surface area contributed by atoms with E-state index >= 15 is 0 Å². The third kappa shape index (κ3) is 5.21. The van der Waals surface area contributed by atoms with Gasteiger partial charge in [-0.05, 0) is 60.2 Å². The van der Waals surface area contributed by atoms with Crippen LogP contribution in [0.1, 0.15) is 40.0 Å². The van der Waals surface area contributed by atoms with Crippen LogP contribution in [0, 0.1) is 0 Å². The summed E-state index contributed by atoms with van der Waals surface area (Å²) in [5.41, 5.74) is 5.06. The number of hydrogen-bond donors (Lipinski definition) is 3. The molecule has 4 rings (SSSR count). The number of carbonyl (C=O) groups excluding carboxylic acids is 2. The second kappa shape index (κ2) is 10.3. The number of fused-ring (bicyclic) bond motifs is 2. The van der Waals surface area contributed by atoms with E-state index in [2.05, 4.69) is 16.7 Å². The number of hydrogen-bond acceptors (Lipinski definition) is 5. The molecule has 0 spiro atoms. The number of ether oxygens (including phenoxy) is 1. The summed E-state index contributed by atoms with van der Waals surface area (Å²) in [5.74, 6) is -0.325. The average Bonchev–Trinajstić information content (AvgIpc) is 2.83. The smallest absolute Gasteiger partial charge is 0.252 e. The number of allylic oxidation sites excluding steroid dienone is 1. The molecule has 7 nitrogen and oxygen atoms in total. The van der Waals surface area contributed by atoms with E-state index in [0.717, 1.165) is 52.6 Å². The van der Waals surface area contributed by atoms with E-state index in [1.54, 1.807) is 19.2 Å². The van der Waals surface area contributed by atoms with Crippen LogP contribution in [0.5, 0.6) is 5.75 Å². The number of amides is 2. The zero-order valence-electron chi connectivity index (χ0n) is 18.6. The SMILES string of the molecule is COCCNC(=O)CNC(=O)c1c2c(nc3ccccc13)/C(=C\c1ccc(O)cc1)CCC2. The second-order valence-corrected chi connectivity index (χ2v) is 7.97. The Labute approximate surface area is 192 Å². The van der Waals surface area contributed by atoms with Gasteiger partial charge in [0.2, 0.25) is 5.91 Å². The fourth-order valence-electron chi connectivity index (χ4n) is 4.11. The molecule has 0 aliphatic heterocycles. The number of pyridine rings is 1. The first-order valence-corrected chi connectivity index (χ1v) is 11.0. The van der Waals surface area contributed by atoms with Gasteiger partial charge in [0, 0.05) is 19.0 Å². The van der Waals surface area contributed by atoms with Gasteiger partial charge in [-0.15, -0.1) is 0 Å². The first-order valence-electron chi connectivity index (χ1n) is 11.0. The van der Waals surface area contributed by atoms with Crippen LogP contribution in [0.15, 0.2) is 48.5 Å². The standard InChI is InChI=1S/C26H27N3O4/c1-33-14-13-27-23(31)16-28-26(32)24-20-6-2-3-8-22(20)29-25-18(5-4-7-21(24)25)15-17-9-11-19(30)12-10-17/h2-3,6,8-12,15,30H,4-5,7,13-14,16H2,1H3,(H,27,31)(H,28,32)/b18-15-. The minimum atomic E-state index is -0.280. The number of phenolic OH excluding ortho intramolecular Hbond substituents is 1. The molecule has 0 saturated heterocycles. The van der Waals surface area contributed by atoms with Gasteiger partial charge in [0.1, 0.15) is 5.75 Å². The Morgan fingerprint density at radius 3 is 2.67 bits per heavy atom. The predicted molar refractivity (Wildman–Crippen MR) is 128 cm³/mol. The molecule has 3 N–H and O–H groups in total. The maximum absolute atomic E-state index is 13.3. The molecule has 170 valence electrons. The zero-order chi connectivity index (χ0) is 23.2. The molecule has 2 aromatic carbocycles. The van der Waals surface area contributed by atoms with Crippen molar-refractivity contribution in [3.8, 4) is 5.75 Å². The summed E-state index contributed by atoms with van der Waals surface area (Å²) in [6, 6.07) is 14.6. The highest BCUT2D eigenvalue weighted by Crippen LogP contribution is 2.36. The largest absolute Gasteiger partial charge is 0.508 e. The molecule has 0 bridgehead atoms. The quantitative estimate of drug-likeness (QED) is 0.485. The molecule has 1 aromatic heterocycles. The van der Waals surface area contributed by atoms with Gasteiger partial charge in [0.25, 0.3) is 5.91 Å². The molecule has 0 radical (unpaired) electrons. The molecule has 7 heteroatoms. The Balaban J connectivity index is 1.69. The lowest BCUT2D eigenvalue weighted by atomic mass is 9.85. The van der Waals surface area contributed by atoms with Crippen LogP contribution in [-0.4, -0.2) is 48.7 Å². The van der Waals surface area contributed by atoms with Crippen molar-refractivity contribution < 1.29 is 19.4 Å². The maximum Gasteiger partial charge on any atom is 0.252 e. The summed E-state index contributed by atoms with van der Waals surface area (Å²) in [6.07, 6.45) is 4.55. The first kappa shape index (κ1) is 22.5. The van der Waals surface area contributed by atoms with Crippen molar-refractivity contribution in [1.82, 2.24) is 15.6 Å². The van der Waals surface area contributed by atoms with E-state index in [4.69, 9.17) is 9.72 Å². The van der Waals surface area contributed by atoms with Crippen molar-refractivity contribution in [1.29, 1.82) is 0 Å². The van der Waals surface area contributed by atoms with E-state index in [1.807, 2.05) is 36.4 Å². The van der Waals surface area contributed by atoms with Crippen molar-refractivity contribution in [3.05, 3.63) is 70.9 Å². The van der Waals surface area contributed by atoms with Crippen LogP contribution in [0.2, 0.25) is 0 Å². The highest BCUT2D eigenvalue weighted by molar-refractivity contribution is 6.09. The van der Waals surface area contributed by atoms with E-state index < -0.39 is 0 Å². The lowest BCUT2D eigenvalue weighted by Gasteiger charge is -2.23. The molecule has 0 saturated carbocycles. The van der Waals surface area contributed by atoms with E-state index in [0.29, 0.717) is 18.7 Å². The van der Waals surface area contributed by atoms with Gasteiger partial charge in [0.05, 0.1) is 29.9 Å². The summed E-state index contributed by atoms with van der Waals surface area (Å²) < 4.78 is 4.93. The number of nitrogens with one attached hydrogen (secondary N) is 2. The minimum absolute atomic E-state index is 0.107. The van der Waals surface area contributed by atoms with Crippen LogP contribution in [0.4, 0.5) is 0 Å². The fourth-order valence-corrected chi connectivity index (χ4v) is 4.11. The van der Waals surface area contributed by atoms with Crippen LogP contribution in [-0.2, 0) is 16.0 Å². The number of nitrogens with zero attached hydrogens (tertiary/aromatic N) is 1. The van der Waals surface area contributed by atoms with Crippen molar-refractivity contribution in [2.24, 2.45) is 0 Å². The van der Waals surface area contributed by atoms with Crippen molar-refractivity contribution in [2.75, 3.05) is 26.8 Å². The molecule has 1 aliphatic rings. The molecule has 0 fully saturated rings. The molecule has 3 aromatic rings. The zero-order valence-corrected chi connectivity index (χ0v) is 18.6. The van der Waals surface area contributed by atoms with E-state index in [1.165, 1.54) is 0 Å². The topological polar surface area (TPSA) is 101 Å². The van der Waals surface area contributed by atoms with E-state index in [-0.39, 0.29) is 24.1 Å². The average molecular weight is 446 g/mol. The Morgan fingerprint density at radius 1 is 1.09 bits per heavy atom. The molecular formula is C26H27N3O4. The predicted octanol–water partition coefficient (Wildman–Crippen LogP) is 3.31. The summed E-state index contributed by atoms with van der Waals surface area (Å²) in [5, 5.41) is 15.8. The molecular weight excluding hydrogens is 418 g/mol. The summed E-state index contributed by atoms with van der Waals surface area (Å²) in [6.45, 7) is 0.701. The first-order chi connectivity index (χ1) is 16.1. The number of carbonyl (C=O) groups is 2. The lowest BCUT2D eigenvalue weighted by molar-refractivity contribution is -0.120. The van der Waals surface area contributed by atoms with Gasteiger partial charge < -0.3 is 20.5 Å². The number of phenols is 1. The molecule has 0 unspecified atom stereocenters. The van der Waals surface area contributed by atoms with Gasteiger partial charge in [-0.3, -0.25) is 9.59 Å². The number of rotatable bonds is 7. The highest BCUT2D eigenvalue weighted by Gasteiger charge is 2.25. The van der Waals surface area contributed by atoms with Gasteiger partial charge in [-0.2, -0.15) is 0 Å². The third-order valence-corrected chi connectivity index (χ3v) is 5.67. The normalized spacial score (nSPS) is 14.2. The Bertz CT molecular complexity index is 1200. The van der Waals surface area contributed by atoms with Gasteiger partial charge >= 0.3 is 0 Å². The summed E-state index contributed by atoms with van der Waals surface area (Å²) in [7, 11) is 1.57. The number of aromatic nitrogens is 1. The lowest BCUT2D eigenvalue weighted by Crippen LogP contribution is -2.38. The molecule has 2 amide bonds. The fraction of sp³-hybridized carbons (Fsp3) is 0.269. The van der Waals surface area contributed by atoms with Crippen molar-refractivity contribution >= 4 is 34.4 Å². The Hall–Kier alpha value is -3.71. The monoisotopic (exact) mass is 445 g/mol. The Kier molecular flexibility index (Phi) is 7.00. The number of methoxy groups -OCH3 is 1.